The molecule has 0 unspecified atom stereocenters. The fourth-order valence-corrected chi connectivity index (χ4v) is 2.29. The van der Waals surface area contributed by atoms with Crippen molar-refractivity contribution in [1.29, 1.82) is 0 Å². The zero-order chi connectivity index (χ0) is 15.4. The number of aromatic hydroxyl groups is 1. The van der Waals surface area contributed by atoms with E-state index in [0.717, 1.165) is 5.56 Å². The molecule has 1 saturated heterocycles. The summed E-state index contributed by atoms with van der Waals surface area (Å²) in [6, 6.07) is 4.96. The lowest BCUT2D eigenvalue weighted by molar-refractivity contribution is 0.0653. The SMILES string of the molecule is Cc1ccc(C(=O)N2CCN(CC(N)=NO)CC2)cc1O. The van der Waals surface area contributed by atoms with Crippen molar-refractivity contribution >= 4 is 11.7 Å². The van der Waals surface area contributed by atoms with Crippen LogP contribution in [0.3, 0.4) is 0 Å². The maximum atomic E-state index is 12.4. The fraction of sp³-hybridized carbons (Fsp3) is 0.429. The lowest BCUT2D eigenvalue weighted by Gasteiger charge is -2.34. The summed E-state index contributed by atoms with van der Waals surface area (Å²) in [5, 5.41) is 21.2. The number of phenolic OH excluding ortho intramolecular Hbond substituents is 1. The first-order valence-electron chi connectivity index (χ1n) is 6.79. The Morgan fingerprint density at radius 1 is 1.33 bits per heavy atom. The number of oxime groups is 1. The second-order valence-corrected chi connectivity index (χ2v) is 5.16. The predicted molar refractivity (Wildman–Crippen MR) is 78.6 cm³/mol. The first-order chi connectivity index (χ1) is 10.0. The number of carbonyl (C=O) groups excluding carboxylic acids is 1. The maximum absolute atomic E-state index is 12.4. The standard InChI is InChI=1S/C14H20N4O3/c1-10-2-3-11(8-12(10)19)14(20)18-6-4-17(5-7-18)9-13(15)16-21/h2-3,8,19,21H,4-7,9H2,1H3,(H2,15,16). The molecule has 1 aromatic carbocycles. The minimum atomic E-state index is -0.0891. The van der Waals surface area contributed by atoms with E-state index in [-0.39, 0.29) is 17.5 Å². The van der Waals surface area contributed by atoms with Crippen molar-refractivity contribution in [3.8, 4) is 5.75 Å². The number of amidine groups is 1. The number of piperazine rings is 1. The van der Waals surface area contributed by atoms with Crippen LogP contribution in [0, 0.1) is 6.92 Å². The monoisotopic (exact) mass is 292 g/mol. The molecular formula is C14H20N4O3. The minimum Gasteiger partial charge on any atom is -0.508 e. The van der Waals surface area contributed by atoms with Crippen LogP contribution in [0.5, 0.6) is 5.75 Å². The molecule has 21 heavy (non-hydrogen) atoms. The second-order valence-electron chi connectivity index (χ2n) is 5.16. The van der Waals surface area contributed by atoms with Gasteiger partial charge in [0.25, 0.3) is 5.91 Å². The molecule has 1 aliphatic heterocycles. The van der Waals surface area contributed by atoms with E-state index in [2.05, 4.69) is 5.16 Å². The third-order valence-corrected chi connectivity index (χ3v) is 3.63. The van der Waals surface area contributed by atoms with Gasteiger partial charge in [0.15, 0.2) is 5.84 Å². The number of hydrogen-bond acceptors (Lipinski definition) is 5. The minimum absolute atomic E-state index is 0.0891. The number of phenols is 1. The predicted octanol–water partition coefficient (Wildman–Crippen LogP) is 0.205. The van der Waals surface area contributed by atoms with E-state index in [1.807, 2.05) is 4.90 Å². The number of benzene rings is 1. The molecule has 1 aromatic rings. The summed E-state index contributed by atoms with van der Waals surface area (Å²) in [4.78, 5) is 16.1. The number of nitrogens with two attached hydrogens (primary N) is 1. The zero-order valence-electron chi connectivity index (χ0n) is 12.0. The molecule has 1 fully saturated rings. The van der Waals surface area contributed by atoms with Crippen LogP contribution in [0.4, 0.5) is 0 Å². The van der Waals surface area contributed by atoms with Gasteiger partial charge in [-0.05, 0) is 24.6 Å². The van der Waals surface area contributed by atoms with E-state index in [4.69, 9.17) is 10.9 Å². The highest BCUT2D eigenvalue weighted by Crippen LogP contribution is 2.19. The Morgan fingerprint density at radius 2 is 2.00 bits per heavy atom. The van der Waals surface area contributed by atoms with Crippen molar-refractivity contribution in [2.75, 3.05) is 32.7 Å². The maximum Gasteiger partial charge on any atom is 0.254 e. The van der Waals surface area contributed by atoms with Crippen LogP contribution >= 0.6 is 0 Å². The molecule has 7 nitrogen and oxygen atoms in total. The van der Waals surface area contributed by atoms with Crippen molar-refractivity contribution in [2.45, 2.75) is 6.92 Å². The first kappa shape index (κ1) is 15.1. The Bertz CT molecular complexity index is 551. The van der Waals surface area contributed by atoms with Gasteiger partial charge < -0.3 is 20.9 Å². The molecule has 2 rings (SSSR count). The normalized spacial score (nSPS) is 17.0. The molecule has 1 amide bonds. The van der Waals surface area contributed by atoms with Gasteiger partial charge >= 0.3 is 0 Å². The topological polar surface area (TPSA) is 102 Å². The average molecular weight is 292 g/mol. The highest BCUT2D eigenvalue weighted by Gasteiger charge is 2.22. The van der Waals surface area contributed by atoms with E-state index < -0.39 is 0 Å². The van der Waals surface area contributed by atoms with Gasteiger partial charge in [0, 0.05) is 31.7 Å². The van der Waals surface area contributed by atoms with E-state index in [1.165, 1.54) is 6.07 Å². The molecule has 0 radical (unpaired) electrons. The quantitative estimate of drug-likeness (QED) is 0.320. The molecular weight excluding hydrogens is 272 g/mol. The summed E-state index contributed by atoms with van der Waals surface area (Å²) >= 11 is 0. The van der Waals surface area contributed by atoms with Gasteiger partial charge in [-0.1, -0.05) is 11.2 Å². The van der Waals surface area contributed by atoms with Crippen molar-refractivity contribution in [3.05, 3.63) is 29.3 Å². The lowest BCUT2D eigenvalue weighted by atomic mass is 10.1. The smallest absolute Gasteiger partial charge is 0.254 e. The summed E-state index contributed by atoms with van der Waals surface area (Å²) < 4.78 is 0. The van der Waals surface area contributed by atoms with Gasteiger partial charge in [-0.15, -0.1) is 0 Å². The molecule has 7 heteroatoms. The molecule has 114 valence electrons. The molecule has 0 aliphatic carbocycles. The fourth-order valence-electron chi connectivity index (χ4n) is 2.29. The summed E-state index contributed by atoms with van der Waals surface area (Å²) in [6.07, 6.45) is 0. The third kappa shape index (κ3) is 3.63. The van der Waals surface area contributed by atoms with Crippen LogP contribution in [0.15, 0.2) is 23.4 Å². The Balaban J connectivity index is 1.95. The summed E-state index contributed by atoms with van der Waals surface area (Å²) in [5.41, 5.74) is 6.70. The molecule has 0 atom stereocenters. The van der Waals surface area contributed by atoms with Gasteiger partial charge in [0.1, 0.15) is 5.75 Å². The Hall–Kier alpha value is -2.28. The van der Waals surface area contributed by atoms with Gasteiger partial charge in [-0.2, -0.15) is 0 Å². The van der Waals surface area contributed by atoms with E-state index >= 15 is 0 Å². The lowest BCUT2D eigenvalue weighted by Crippen LogP contribution is -2.50. The third-order valence-electron chi connectivity index (χ3n) is 3.63. The zero-order valence-corrected chi connectivity index (χ0v) is 12.0. The van der Waals surface area contributed by atoms with Crippen LogP contribution in [0.1, 0.15) is 15.9 Å². The summed E-state index contributed by atoms with van der Waals surface area (Å²) in [5.74, 6) is 0.207. The number of carbonyl (C=O) groups is 1. The van der Waals surface area contributed by atoms with E-state index in [9.17, 15) is 9.90 Å². The largest absolute Gasteiger partial charge is 0.508 e. The number of rotatable bonds is 3. The van der Waals surface area contributed by atoms with Crippen LogP contribution in [0.2, 0.25) is 0 Å². The molecule has 0 saturated carbocycles. The van der Waals surface area contributed by atoms with E-state index in [1.54, 1.807) is 24.0 Å². The Labute approximate surface area is 123 Å². The van der Waals surface area contributed by atoms with Gasteiger partial charge in [0.2, 0.25) is 0 Å². The molecule has 0 spiro atoms. The molecule has 0 bridgehead atoms. The number of aryl methyl sites for hydroxylation is 1. The van der Waals surface area contributed by atoms with Crippen molar-refractivity contribution in [2.24, 2.45) is 10.9 Å². The van der Waals surface area contributed by atoms with Gasteiger partial charge in [-0.25, -0.2) is 0 Å². The molecule has 4 N–H and O–H groups in total. The van der Waals surface area contributed by atoms with E-state index in [0.29, 0.717) is 38.3 Å². The van der Waals surface area contributed by atoms with Crippen LogP contribution in [0.25, 0.3) is 0 Å². The van der Waals surface area contributed by atoms with Crippen molar-refractivity contribution in [1.82, 2.24) is 9.80 Å². The molecule has 1 aliphatic rings. The average Bonchev–Trinajstić information content (AvgIpc) is 2.50. The van der Waals surface area contributed by atoms with Crippen LogP contribution in [-0.2, 0) is 0 Å². The second kappa shape index (κ2) is 6.45. The Kier molecular flexibility index (Phi) is 4.64. The Morgan fingerprint density at radius 3 is 2.57 bits per heavy atom. The molecule has 0 aromatic heterocycles. The highest BCUT2D eigenvalue weighted by atomic mass is 16.4. The van der Waals surface area contributed by atoms with Crippen molar-refractivity contribution < 1.29 is 15.1 Å². The van der Waals surface area contributed by atoms with Gasteiger partial charge in [-0.3, -0.25) is 9.69 Å². The van der Waals surface area contributed by atoms with Crippen LogP contribution < -0.4 is 5.73 Å². The number of nitrogens with zero attached hydrogens (tertiary/aromatic N) is 3. The number of hydrogen-bond donors (Lipinski definition) is 3. The summed E-state index contributed by atoms with van der Waals surface area (Å²) in [6.45, 7) is 4.66. The highest BCUT2D eigenvalue weighted by molar-refractivity contribution is 5.94. The first-order valence-corrected chi connectivity index (χ1v) is 6.79. The summed E-state index contributed by atoms with van der Waals surface area (Å²) in [7, 11) is 0. The van der Waals surface area contributed by atoms with Gasteiger partial charge in [0.05, 0.1) is 6.54 Å². The van der Waals surface area contributed by atoms with Crippen LogP contribution in [-0.4, -0.2) is 64.6 Å². The molecule has 1 heterocycles. The van der Waals surface area contributed by atoms with Crippen molar-refractivity contribution in [3.63, 3.8) is 0 Å². The number of amides is 1.